The monoisotopic (exact) mass is 336 g/mol. The van der Waals surface area contributed by atoms with Crippen LogP contribution in [0.3, 0.4) is 0 Å². The molecule has 3 aromatic rings. The number of halogens is 1. The molecule has 0 aliphatic heterocycles. The van der Waals surface area contributed by atoms with Crippen LogP contribution in [-0.2, 0) is 6.42 Å². The van der Waals surface area contributed by atoms with Crippen LogP contribution >= 0.6 is 27.3 Å². The van der Waals surface area contributed by atoms with E-state index in [2.05, 4.69) is 26.1 Å². The van der Waals surface area contributed by atoms with Crippen molar-refractivity contribution in [3.63, 3.8) is 0 Å². The average Bonchev–Trinajstić information content (AvgIpc) is 3.01. The van der Waals surface area contributed by atoms with Crippen molar-refractivity contribution >= 4 is 27.3 Å². The predicted octanol–water partition coefficient (Wildman–Crippen LogP) is 3.86. The van der Waals surface area contributed by atoms with Crippen LogP contribution in [0, 0.1) is 0 Å². The van der Waals surface area contributed by atoms with Gasteiger partial charge in [-0.3, -0.25) is 0 Å². The number of phenols is 1. The number of hydrogen-bond acceptors (Lipinski definition) is 5. The highest BCUT2D eigenvalue weighted by molar-refractivity contribution is 9.10. The standard InChI is InChI=1S/C13H9BrN2O2S/c14-9-6-11(19-7-9)13-15-12(18-16-13)5-8-1-3-10(17)4-2-8/h1-4,6-7,17H,5H2. The minimum Gasteiger partial charge on any atom is -0.508 e. The van der Waals surface area contributed by atoms with Crippen LogP contribution < -0.4 is 0 Å². The molecule has 3 rings (SSSR count). The Morgan fingerprint density at radius 2 is 2.05 bits per heavy atom. The Morgan fingerprint density at radius 3 is 2.74 bits per heavy atom. The first kappa shape index (κ1) is 12.4. The molecule has 0 radical (unpaired) electrons. The number of aromatic hydroxyl groups is 1. The van der Waals surface area contributed by atoms with Gasteiger partial charge in [0, 0.05) is 9.85 Å². The number of benzene rings is 1. The Hall–Kier alpha value is -1.66. The fourth-order valence-electron chi connectivity index (χ4n) is 1.65. The molecule has 19 heavy (non-hydrogen) atoms. The summed E-state index contributed by atoms with van der Waals surface area (Å²) in [5, 5.41) is 15.2. The largest absolute Gasteiger partial charge is 0.508 e. The van der Waals surface area contributed by atoms with Gasteiger partial charge in [0.15, 0.2) is 0 Å². The minimum absolute atomic E-state index is 0.249. The number of thiophene rings is 1. The van der Waals surface area contributed by atoms with E-state index in [4.69, 9.17) is 4.52 Å². The van der Waals surface area contributed by atoms with E-state index >= 15 is 0 Å². The predicted molar refractivity (Wildman–Crippen MR) is 76.2 cm³/mol. The highest BCUT2D eigenvalue weighted by atomic mass is 79.9. The van der Waals surface area contributed by atoms with E-state index in [1.54, 1.807) is 23.5 Å². The molecule has 2 heterocycles. The van der Waals surface area contributed by atoms with Crippen molar-refractivity contribution in [2.75, 3.05) is 0 Å². The van der Waals surface area contributed by atoms with Crippen LogP contribution in [0.1, 0.15) is 11.5 Å². The molecule has 0 amide bonds. The van der Waals surface area contributed by atoms with Crippen molar-refractivity contribution in [1.29, 1.82) is 0 Å². The van der Waals surface area contributed by atoms with E-state index < -0.39 is 0 Å². The van der Waals surface area contributed by atoms with Crippen molar-refractivity contribution < 1.29 is 9.63 Å². The van der Waals surface area contributed by atoms with E-state index in [9.17, 15) is 5.11 Å². The lowest BCUT2D eigenvalue weighted by molar-refractivity contribution is 0.385. The van der Waals surface area contributed by atoms with Gasteiger partial charge in [-0.05, 0) is 39.7 Å². The fraction of sp³-hybridized carbons (Fsp3) is 0.0769. The third-order valence-electron chi connectivity index (χ3n) is 2.55. The van der Waals surface area contributed by atoms with Gasteiger partial charge in [0.25, 0.3) is 0 Å². The summed E-state index contributed by atoms with van der Waals surface area (Å²) < 4.78 is 6.24. The third-order valence-corrected chi connectivity index (χ3v) is 4.23. The molecule has 0 saturated heterocycles. The maximum Gasteiger partial charge on any atom is 0.231 e. The SMILES string of the molecule is Oc1ccc(Cc2nc(-c3cc(Br)cs3)no2)cc1. The zero-order valence-corrected chi connectivity index (χ0v) is 12.1. The molecule has 0 atom stereocenters. The Labute approximate surface area is 121 Å². The molecular formula is C13H9BrN2O2S. The smallest absolute Gasteiger partial charge is 0.231 e. The van der Waals surface area contributed by atoms with Crippen molar-refractivity contribution in [1.82, 2.24) is 10.1 Å². The van der Waals surface area contributed by atoms with Gasteiger partial charge in [-0.1, -0.05) is 17.3 Å². The van der Waals surface area contributed by atoms with Gasteiger partial charge in [-0.25, -0.2) is 0 Å². The first-order valence-electron chi connectivity index (χ1n) is 5.55. The van der Waals surface area contributed by atoms with Crippen molar-refractivity contribution in [2.24, 2.45) is 0 Å². The second-order valence-corrected chi connectivity index (χ2v) is 5.81. The topological polar surface area (TPSA) is 59.2 Å². The van der Waals surface area contributed by atoms with Crippen molar-refractivity contribution in [3.8, 4) is 16.5 Å². The van der Waals surface area contributed by atoms with Gasteiger partial charge in [-0.2, -0.15) is 4.98 Å². The highest BCUT2D eigenvalue weighted by Gasteiger charge is 2.11. The maximum absolute atomic E-state index is 9.22. The van der Waals surface area contributed by atoms with Crippen LogP contribution in [-0.4, -0.2) is 15.2 Å². The van der Waals surface area contributed by atoms with Crippen LogP contribution in [0.4, 0.5) is 0 Å². The third kappa shape index (κ3) is 2.85. The Kier molecular flexibility index (Phi) is 3.35. The van der Waals surface area contributed by atoms with Crippen molar-refractivity contribution in [3.05, 3.63) is 51.6 Å². The molecular weight excluding hydrogens is 328 g/mol. The summed E-state index contributed by atoms with van der Waals surface area (Å²) in [7, 11) is 0. The van der Waals surface area contributed by atoms with Gasteiger partial charge in [0.1, 0.15) is 5.75 Å². The molecule has 0 aliphatic carbocycles. The number of phenolic OH excluding ortho intramolecular Hbond substituents is 1. The molecule has 96 valence electrons. The van der Waals surface area contributed by atoms with Crippen LogP contribution in [0.2, 0.25) is 0 Å². The lowest BCUT2D eigenvalue weighted by atomic mass is 10.1. The van der Waals surface area contributed by atoms with Gasteiger partial charge in [0.2, 0.25) is 11.7 Å². The average molecular weight is 337 g/mol. The van der Waals surface area contributed by atoms with E-state index in [1.807, 2.05) is 23.6 Å². The van der Waals surface area contributed by atoms with E-state index in [0.717, 1.165) is 14.9 Å². The molecule has 0 bridgehead atoms. The highest BCUT2D eigenvalue weighted by Crippen LogP contribution is 2.28. The summed E-state index contributed by atoms with van der Waals surface area (Å²) in [6, 6.07) is 8.91. The van der Waals surface area contributed by atoms with Gasteiger partial charge in [0.05, 0.1) is 11.3 Å². The van der Waals surface area contributed by atoms with Crippen LogP contribution in [0.5, 0.6) is 5.75 Å². The van der Waals surface area contributed by atoms with E-state index in [0.29, 0.717) is 18.1 Å². The number of nitrogens with zero attached hydrogens (tertiary/aromatic N) is 2. The van der Waals surface area contributed by atoms with Gasteiger partial charge in [-0.15, -0.1) is 11.3 Å². The molecule has 0 unspecified atom stereocenters. The Bertz CT molecular complexity index is 691. The summed E-state index contributed by atoms with van der Waals surface area (Å²) in [4.78, 5) is 5.33. The maximum atomic E-state index is 9.22. The molecule has 0 saturated carbocycles. The Balaban J connectivity index is 1.80. The molecule has 0 spiro atoms. The summed E-state index contributed by atoms with van der Waals surface area (Å²) in [5.74, 6) is 1.41. The summed E-state index contributed by atoms with van der Waals surface area (Å²) in [6.07, 6.45) is 0.555. The first-order chi connectivity index (χ1) is 9.20. The molecule has 0 fully saturated rings. The molecule has 1 N–H and O–H groups in total. The van der Waals surface area contributed by atoms with Crippen LogP contribution in [0.15, 0.2) is 44.7 Å². The van der Waals surface area contributed by atoms with E-state index in [-0.39, 0.29) is 5.75 Å². The minimum atomic E-state index is 0.249. The number of rotatable bonds is 3. The number of aromatic nitrogens is 2. The zero-order valence-electron chi connectivity index (χ0n) is 9.71. The lowest BCUT2D eigenvalue weighted by Gasteiger charge is -1.96. The molecule has 1 aromatic carbocycles. The second kappa shape index (κ2) is 5.14. The molecule has 4 nitrogen and oxygen atoms in total. The van der Waals surface area contributed by atoms with Gasteiger partial charge >= 0.3 is 0 Å². The second-order valence-electron chi connectivity index (χ2n) is 3.98. The normalized spacial score (nSPS) is 10.8. The lowest BCUT2D eigenvalue weighted by Crippen LogP contribution is -1.87. The summed E-state index contributed by atoms with van der Waals surface area (Å²) in [6.45, 7) is 0. The quantitative estimate of drug-likeness (QED) is 0.788. The van der Waals surface area contributed by atoms with Crippen molar-refractivity contribution in [2.45, 2.75) is 6.42 Å². The van der Waals surface area contributed by atoms with Crippen LogP contribution in [0.25, 0.3) is 10.7 Å². The van der Waals surface area contributed by atoms with Gasteiger partial charge < -0.3 is 9.63 Å². The summed E-state index contributed by atoms with van der Waals surface area (Å²) >= 11 is 4.96. The first-order valence-corrected chi connectivity index (χ1v) is 7.23. The zero-order chi connectivity index (χ0) is 13.2. The molecule has 0 aliphatic rings. The van der Waals surface area contributed by atoms with E-state index in [1.165, 1.54) is 0 Å². The molecule has 2 aromatic heterocycles. The Morgan fingerprint density at radius 1 is 1.26 bits per heavy atom. The summed E-state index contributed by atoms with van der Waals surface area (Å²) in [5.41, 5.74) is 1.01. The number of hydrogen-bond donors (Lipinski definition) is 1. The fourth-order valence-corrected chi connectivity index (χ4v) is 3.00. The molecule has 6 heteroatoms.